The van der Waals surface area contributed by atoms with Crippen LogP contribution >= 0.6 is 0 Å². The second kappa shape index (κ2) is 8.26. The lowest BCUT2D eigenvalue weighted by Crippen LogP contribution is -2.65. The number of aliphatic carboxylic acids is 1. The zero-order chi connectivity index (χ0) is 19.6. The molecule has 1 saturated heterocycles. The van der Waals surface area contributed by atoms with Crippen LogP contribution in [0.15, 0.2) is 11.8 Å². The zero-order valence-electron chi connectivity index (χ0n) is 13.6. The van der Waals surface area contributed by atoms with Crippen LogP contribution in [0.1, 0.15) is 6.92 Å². The van der Waals surface area contributed by atoms with Crippen molar-refractivity contribution < 1.29 is 54.4 Å². The van der Waals surface area contributed by atoms with Gasteiger partial charge in [-0.2, -0.15) is 0 Å². The second-order valence-electron chi connectivity index (χ2n) is 5.87. The molecule has 0 aliphatic carbocycles. The maximum absolute atomic E-state index is 11.2. The Labute approximate surface area is 147 Å². The van der Waals surface area contributed by atoms with Crippen molar-refractivity contribution in [3.8, 4) is 0 Å². The van der Waals surface area contributed by atoms with Crippen LogP contribution in [0.4, 0.5) is 0 Å². The number of aliphatic hydroxyl groups excluding tert-OH is 5. The molecule has 0 aromatic heterocycles. The number of carbonyl (C=O) groups excluding carboxylic acids is 1. The van der Waals surface area contributed by atoms with E-state index in [0.29, 0.717) is 0 Å². The van der Waals surface area contributed by atoms with Gasteiger partial charge in [-0.25, -0.2) is 4.79 Å². The van der Waals surface area contributed by atoms with Gasteiger partial charge in [0.2, 0.25) is 18.0 Å². The Balaban J connectivity index is 2.19. The number of carboxylic acids is 1. The monoisotopic (exact) mass is 379 g/mol. The zero-order valence-corrected chi connectivity index (χ0v) is 13.6. The highest BCUT2D eigenvalue weighted by atomic mass is 16.7. The van der Waals surface area contributed by atoms with Crippen LogP contribution in [0.3, 0.4) is 0 Å². The molecule has 2 rings (SSSR count). The fourth-order valence-electron chi connectivity index (χ4n) is 2.67. The molecule has 1 amide bonds. The summed E-state index contributed by atoms with van der Waals surface area (Å²) >= 11 is 0. The Kier molecular flexibility index (Phi) is 6.52. The number of amides is 1. The van der Waals surface area contributed by atoms with Gasteiger partial charge in [0.15, 0.2) is 6.29 Å². The molecule has 148 valence electrons. The van der Waals surface area contributed by atoms with E-state index in [0.717, 1.165) is 13.0 Å². The molecule has 2 heterocycles. The molecule has 0 spiro atoms. The lowest BCUT2D eigenvalue weighted by atomic mass is 9.96. The third-order valence-electron chi connectivity index (χ3n) is 3.94. The van der Waals surface area contributed by atoms with Crippen LogP contribution in [0.2, 0.25) is 0 Å². The first-order valence-electron chi connectivity index (χ1n) is 7.68. The molecule has 1 unspecified atom stereocenters. The molecule has 0 aromatic rings. The molecule has 12 heteroatoms. The third kappa shape index (κ3) is 4.29. The lowest BCUT2D eigenvalue weighted by molar-refractivity contribution is -0.306. The van der Waals surface area contributed by atoms with Gasteiger partial charge in [-0.05, 0) is 6.08 Å². The summed E-state index contributed by atoms with van der Waals surface area (Å²) < 4.78 is 15.4. The predicted octanol–water partition coefficient (Wildman–Crippen LogP) is -4.01. The van der Waals surface area contributed by atoms with E-state index in [2.05, 4.69) is 5.32 Å². The Morgan fingerprint density at radius 2 is 1.88 bits per heavy atom. The first-order chi connectivity index (χ1) is 12.1. The van der Waals surface area contributed by atoms with Crippen LogP contribution in [-0.4, -0.2) is 98.3 Å². The van der Waals surface area contributed by atoms with E-state index in [4.69, 9.17) is 19.3 Å². The van der Waals surface area contributed by atoms with Gasteiger partial charge in [0, 0.05) is 6.92 Å². The van der Waals surface area contributed by atoms with Crippen molar-refractivity contribution in [2.75, 3.05) is 6.61 Å². The summed E-state index contributed by atoms with van der Waals surface area (Å²) in [4.78, 5) is 22.2. The Morgan fingerprint density at radius 3 is 2.42 bits per heavy atom. The standard InChI is InChI=1S/C14H21NO11/c1-4(17)15-8-10(20)11(7(3-16)24-13(8)23)26-14-9(19)5(18)2-6(25-14)12(21)22/h2,5,7-11,13-14,16,18-20,23H,3H2,1H3,(H,15,17)(H,21,22)/t5-,7-,8-,9+,10-,11-,13?,14-/m1/s1. The normalized spacial score (nSPS) is 40.3. The molecule has 0 radical (unpaired) electrons. The molecule has 12 nitrogen and oxygen atoms in total. The fourth-order valence-corrected chi connectivity index (χ4v) is 2.67. The number of ether oxygens (including phenoxy) is 3. The van der Waals surface area contributed by atoms with E-state index in [-0.39, 0.29) is 0 Å². The summed E-state index contributed by atoms with van der Waals surface area (Å²) in [6.07, 6.45) is -10.2. The highest BCUT2D eigenvalue weighted by Gasteiger charge is 2.48. The Morgan fingerprint density at radius 1 is 1.23 bits per heavy atom. The highest BCUT2D eigenvalue weighted by Crippen LogP contribution is 2.27. The van der Waals surface area contributed by atoms with Crippen molar-refractivity contribution in [2.24, 2.45) is 0 Å². The maximum atomic E-state index is 11.2. The lowest BCUT2D eigenvalue weighted by Gasteiger charge is -2.44. The topological polar surface area (TPSA) is 195 Å². The number of hydrogen-bond acceptors (Lipinski definition) is 10. The second-order valence-corrected chi connectivity index (χ2v) is 5.87. The van der Waals surface area contributed by atoms with Crippen LogP contribution in [0, 0.1) is 0 Å². The molecule has 0 saturated carbocycles. The van der Waals surface area contributed by atoms with Crippen LogP contribution in [0.25, 0.3) is 0 Å². The van der Waals surface area contributed by atoms with Crippen LogP contribution < -0.4 is 5.32 Å². The summed E-state index contributed by atoms with van der Waals surface area (Å²) in [6.45, 7) is 0.431. The van der Waals surface area contributed by atoms with Crippen LogP contribution in [0.5, 0.6) is 0 Å². The van der Waals surface area contributed by atoms with Gasteiger partial charge < -0.3 is 50.2 Å². The van der Waals surface area contributed by atoms with E-state index in [9.17, 15) is 35.1 Å². The first-order valence-corrected chi connectivity index (χ1v) is 7.68. The van der Waals surface area contributed by atoms with Crippen LogP contribution in [-0.2, 0) is 23.8 Å². The summed E-state index contributed by atoms with van der Waals surface area (Å²) in [7, 11) is 0. The van der Waals surface area contributed by atoms with Crippen molar-refractivity contribution in [3.63, 3.8) is 0 Å². The minimum absolute atomic E-state index is 0.585. The van der Waals surface area contributed by atoms with Gasteiger partial charge >= 0.3 is 5.97 Å². The minimum Gasteiger partial charge on any atom is -0.475 e. The van der Waals surface area contributed by atoms with E-state index < -0.39 is 73.4 Å². The van der Waals surface area contributed by atoms with Gasteiger partial charge in [-0.3, -0.25) is 4.79 Å². The minimum atomic E-state index is -1.72. The van der Waals surface area contributed by atoms with Crippen molar-refractivity contribution >= 4 is 11.9 Å². The predicted molar refractivity (Wildman–Crippen MR) is 79.1 cm³/mol. The molecule has 0 aromatic carbocycles. The summed E-state index contributed by atoms with van der Waals surface area (Å²) in [6, 6.07) is -1.32. The average molecular weight is 379 g/mol. The SMILES string of the molecule is CC(=O)N[C@H]1C(O)O[C@H](CO)[C@@H](O[C@H]2OC(C(=O)O)=C[C@@H](O)[C@@H]2O)[C@@H]1O. The van der Waals surface area contributed by atoms with Gasteiger partial charge in [0.1, 0.15) is 36.6 Å². The van der Waals surface area contributed by atoms with Gasteiger partial charge in [-0.1, -0.05) is 0 Å². The largest absolute Gasteiger partial charge is 0.475 e. The quantitative estimate of drug-likeness (QED) is 0.246. The molecular formula is C14H21NO11. The molecule has 8 atom stereocenters. The van der Waals surface area contributed by atoms with E-state index >= 15 is 0 Å². The highest BCUT2D eigenvalue weighted by molar-refractivity contribution is 5.84. The van der Waals surface area contributed by atoms with Crippen molar-refractivity contribution in [1.82, 2.24) is 5.32 Å². The van der Waals surface area contributed by atoms with Crippen molar-refractivity contribution in [2.45, 2.75) is 56.1 Å². The molecular weight excluding hydrogens is 358 g/mol. The molecule has 2 aliphatic heterocycles. The fraction of sp³-hybridized carbons (Fsp3) is 0.714. The number of carbonyl (C=O) groups is 2. The molecule has 2 aliphatic rings. The van der Waals surface area contributed by atoms with E-state index in [1.165, 1.54) is 0 Å². The first kappa shape index (κ1) is 20.5. The molecule has 7 N–H and O–H groups in total. The third-order valence-corrected chi connectivity index (χ3v) is 3.94. The Bertz CT molecular complexity index is 567. The smallest absolute Gasteiger partial charge is 0.371 e. The summed E-state index contributed by atoms with van der Waals surface area (Å²) in [5.41, 5.74) is 0. The van der Waals surface area contributed by atoms with Crippen molar-refractivity contribution in [3.05, 3.63) is 11.8 Å². The van der Waals surface area contributed by atoms with Gasteiger partial charge in [-0.15, -0.1) is 0 Å². The van der Waals surface area contributed by atoms with Gasteiger partial charge in [0.25, 0.3) is 0 Å². The number of nitrogens with one attached hydrogen (secondary N) is 1. The number of carboxylic acid groups (broad SMARTS) is 1. The van der Waals surface area contributed by atoms with Gasteiger partial charge in [0.05, 0.1) is 6.61 Å². The molecule has 1 fully saturated rings. The number of aliphatic hydroxyl groups is 5. The summed E-state index contributed by atoms with van der Waals surface area (Å²) in [5, 5.41) is 60.5. The maximum Gasteiger partial charge on any atom is 0.371 e. The van der Waals surface area contributed by atoms with E-state index in [1.807, 2.05) is 0 Å². The molecule has 0 bridgehead atoms. The van der Waals surface area contributed by atoms with Crippen molar-refractivity contribution in [1.29, 1.82) is 0 Å². The Hall–Kier alpha value is -1.80. The summed E-state index contributed by atoms with van der Waals surface area (Å²) in [5.74, 6) is -2.79. The average Bonchev–Trinajstić information content (AvgIpc) is 2.56. The van der Waals surface area contributed by atoms with E-state index in [1.54, 1.807) is 0 Å². The molecule has 26 heavy (non-hydrogen) atoms. The number of rotatable bonds is 5. The number of hydrogen-bond donors (Lipinski definition) is 7.